The number of nitrogens with zero attached hydrogens (tertiary/aromatic N) is 8. The largest absolute Gasteiger partial charge is 0.291 e. The smallest absolute Gasteiger partial charge is 0.200 e. The summed E-state index contributed by atoms with van der Waals surface area (Å²) in [6, 6.07) is 9.22. The summed E-state index contributed by atoms with van der Waals surface area (Å²) in [5.41, 5.74) is 2.64. The van der Waals surface area contributed by atoms with Crippen LogP contribution in [0.15, 0.2) is 30.3 Å². The number of hydrogen-bond acceptors (Lipinski definition) is 6. The van der Waals surface area contributed by atoms with E-state index in [1.54, 1.807) is 21.3 Å². The number of hydrogen-bond donors (Lipinski definition) is 0. The third-order valence-electron chi connectivity index (χ3n) is 3.34. The first-order chi connectivity index (χ1) is 11.1. The molecular formula is C14H11ClN8. The first kappa shape index (κ1) is 13.8. The molecule has 9 heteroatoms. The molecule has 0 fully saturated rings. The van der Waals surface area contributed by atoms with Gasteiger partial charge in [0.2, 0.25) is 0 Å². The van der Waals surface area contributed by atoms with E-state index in [0.717, 1.165) is 17.0 Å². The first-order valence-electron chi connectivity index (χ1n) is 6.87. The standard InChI is InChI=1S/C14H11ClN8/c1-8-7-9(2)22(20-8)14-19-18-13-17-16-12(23(13)21-14)10-3-5-11(15)6-4-10/h3-7H,1-2H3. The van der Waals surface area contributed by atoms with Gasteiger partial charge in [-0.1, -0.05) is 11.6 Å². The predicted octanol–water partition coefficient (Wildman–Crippen LogP) is 2.04. The molecule has 4 rings (SSSR count). The molecule has 0 unspecified atom stereocenters. The number of rotatable bonds is 2. The summed E-state index contributed by atoms with van der Waals surface area (Å²) in [4.78, 5) is 0. The Morgan fingerprint density at radius 3 is 2.35 bits per heavy atom. The zero-order chi connectivity index (χ0) is 16.0. The van der Waals surface area contributed by atoms with Gasteiger partial charge in [-0.2, -0.15) is 9.61 Å². The monoisotopic (exact) mass is 326 g/mol. The molecule has 0 bridgehead atoms. The van der Waals surface area contributed by atoms with E-state index in [4.69, 9.17) is 11.6 Å². The van der Waals surface area contributed by atoms with Gasteiger partial charge in [-0.3, -0.25) is 0 Å². The van der Waals surface area contributed by atoms with Crippen molar-refractivity contribution in [3.8, 4) is 17.3 Å². The van der Waals surface area contributed by atoms with Gasteiger partial charge in [-0.05, 0) is 44.2 Å². The molecule has 8 nitrogen and oxygen atoms in total. The highest BCUT2D eigenvalue weighted by molar-refractivity contribution is 6.30. The minimum Gasteiger partial charge on any atom is -0.200 e. The second kappa shape index (κ2) is 5.10. The number of aromatic nitrogens is 8. The number of aryl methyl sites for hydroxylation is 2. The Morgan fingerprint density at radius 2 is 1.65 bits per heavy atom. The zero-order valence-electron chi connectivity index (χ0n) is 12.3. The molecule has 0 saturated heterocycles. The molecule has 0 amide bonds. The average Bonchev–Trinajstić information content (AvgIpc) is 3.10. The minimum absolute atomic E-state index is 0.320. The fraction of sp³-hybridized carbons (Fsp3) is 0.143. The van der Waals surface area contributed by atoms with Crippen LogP contribution in [-0.4, -0.2) is 39.8 Å². The fourth-order valence-corrected chi connectivity index (χ4v) is 2.45. The number of fused-ring (bicyclic) bond motifs is 1. The number of halogens is 1. The van der Waals surface area contributed by atoms with Gasteiger partial charge >= 0.3 is 0 Å². The highest BCUT2D eigenvalue weighted by atomic mass is 35.5. The molecule has 0 radical (unpaired) electrons. The van der Waals surface area contributed by atoms with E-state index in [1.165, 1.54) is 0 Å². The van der Waals surface area contributed by atoms with Crippen molar-refractivity contribution in [3.63, 3.8) is 0 Å². The summed E-state index contributed by atoms with van der Waals surface area (Å²) >= 11 is 5.92. The highest BCUT2D eigenvalue weighted by Gasteiger charge is 2.14. The summed E-state index contributed by atoms with van der Waals surface area (Å²) < 4.78 is 3.18. The van der Waals surface area contributed by atoms with E-state index >= 15 is 0 Å². The van der Waals surface area contributed by atoms with Crippen LogP contribution in [-0.2, 0) is 0 Å². The van der Waals surface area contributed by atoms with Crippen LogP contribution in [0.25, 0.3) is 23.1 Å². The van der Waals surface area contributed by atoms with Crippen LogP contribution in [0.5, 0.6) is 0 Å². The maximum absolute atomic E-state index is 5.92. The first-order valence-corrected chi connectivity index (χ1v) is 7.25. The molecule has 0 aliphatic carbocycles. The third-order valence-corrected chi connectivity index (χ3v) is 3.60. The molecule has 114 valence electrons. The van der Waals surface area contributed by atoms with Crippen molar-refractivity contribution in [2.75, 3.05) is 0 Å². The van der Waals surface area contributed by atoms with E-state index in [2.05, 4.69) is 30.6 Å². The Morgan fingerprint density at radius 1 is 0.913 bits per heavy atom. The van der Waals surface area contributed by atoms with Crippen molar-refractivity contribution in [3.05, 3.63) is 46.7 Å². The summed E-state index contributed by atoms with van der Waals surface area (Å²) in [5.74, 6) is 1.24. The topological polar surface area (TPSA) is 86.7 Å². The Kier molecular flexibility index (Phi) is 3.05. The molecule has 0 spiro atoms. The van der Waals surface area contributed by atoms with Gasteiger partial charge in [-0.15, -0.1) is 25.5 Å². The second-order valence-electron chi connectivity index (χ2n) is 5.08. The van der Waals surface area contributed by atoms with Crippen molar-refractivity contribution in [1.82, 2.24) is 39.8 Å². The van der Waals surface area contributed by atoms with Crippen LogP contribution >= 0.6 is 11.6 Å². The van der Waals surface area contributed by atoms with E-state index in [9.17, 15) is 0 Å². The normalized spacial score (nSPS) is 11.3. The highest BCUT2D eigenvalue weighted by Crippen LogP contribution is 2.19. The van der Waals surface area contributed by atoms with Crippen molar-refractivity contribution in [2.24, 2.45) is 0 Å². The third kappa shape index (κ3) is 2.33. The van der Waals surface area contributed by atoms with Gasteiger partial charge in [0.1, 0.15) is 0 Å². The van der Waals surface area contributed by atoms with E-state index in [-0.39, 0.29) is 0 Å². The SMILES string of the molecule is Cc1cc(C)n(-c2nnc3nnc(-c4ccc(Cl)cc4)n3n2)n1. The summed E-state index contributed by atoms with van der Waals surface area (Å²) in [6.07, 6.45) is 0. The summed E-state index contributed by atoms with van der Waals surface area (Å²) in [6.45, 7) is 3.84. The zero-order valence-corrected chi connectivity index (χ0v) is 13.1. The van der Waals surface area contributed by atoms with E-state index in [1.807, 2.05) is 32.0 Å². The van der Waals surface area contributed by atoms with Crippen molar-refractivity contribution < 1.29 is 0 Å². The van der Waals surface area contributed by atoms with E-state index < -0.39 is 0 Å². The van der Waals surface area contributed by atoms with Crippen molar-refractivity contribution in [1.29, 1.82) is 0 Å². The maximum Gasteiger partial charge on any atom is 0.291 e. The summed E-state index contributed by atoms with van der Waals surface area (Å²) in [5, 5.41) is 25.7. The molecular weight excluding hydrogens is 316 g/mol. The molecule has 0 saturated carbocycles. The van der Waals surface area contributed by atoms with Crippen LogP contribution in [0.3, 0.4) is 0 Å². The molecule has 0 N–H and O–H groups in total. The number of benzene rings is 1. The van der Waals surface area contributed by atoms with Crippen LogP contribution < -0.4 is 0 Å². The fourth-order valence-electron chi connectivity index (χ4n) is 2.32. The van der Waals surface area contributed by atoms with Gasteiger partial charge in [0.05, 0.1) is 5.69 Å². The van der Waals surface area contributed by atoms with Crippen LogP contribution in [0, 0.1) is 13.8 Å². The molecule has 0 aliphatic rings. The molecule has 4 aromatic rings. The molecule has 23 heavy (non-hydrogen) atoms. The lowest BCUT2D eigenvalue weighted by atomic mass is 10.2. The Labute approximate surface area is 135 Å². The molecule has 3 aromatic heterocycles. The van der Waals surface area contributed by atoms with Gasteiger partial charge in [0.15, 0.2) is 5.82 Å². The average molecular weight is 327 g/mol. The second-order valence-corrected chi connectivity index (χ2v) is 5.52. The predicted molar refractivity (Wildman–Crippen MR) is 83.4 cm³/mol. The summed E-state index contributed by atoms with van der Waals surface area (Å²) in [7, 11) is 0. The maximum atomic E-state index is 5.92. The lowest BCUT2D eigenvalue weighted by Crippen LogP contribution is -2.10. The van der Waals surface area contributed by atoms with Crippen LogP contribution in [0.4, 0.5) is 0 Å². The van der Waals surface area contributed by atoms with Gasteiger partial charge in [-0.25, -0.2) is 4.68 Å². The Hall–Kier alpha value is -2.87. The lowest BCUT2D eigenvalue weighted by molar-refractivity contribution is 0.700. The van der Waals surface area contributed by atoms with Gasteiger partial charge in [0.25, 0.3) is 11.7 Å². The van der Waals surface area contributed by atoms with Crippen molar-refractivity contribution in [2.45, 2.75) is 13.8 Å². The van der Waals surface area contributed by atoms with Gasteiger partial charge in [0, 0.05) is 16.3 Å². The van der Waals surface area contributed by atoms with E-state index in [0.29, 0.717) is 22.6 Å². The minimum atomic E-state index is 0.320. The molecule has 0 atom stereocenters. The molecule has 0 aliphatic heterocycles. The Bertz CT molecular complexity index is 1000. The lowest BCUT2D eigenvalue weighted by Gasteiger charge is -2.03. The quantitative estimate of drug-likeness (QED) is 0.560. The van der Waals surface area contributed by atoms with Crippen LogP contribution in [0.1, 0.15) is 11.4 Å². The van der Waals surface area contributed by atoms with Gasteiger partial charge < -0.3 is 0 Å². The van der Waals surface area contributed by atoms with Crippen molar-refractivity contribution >= 4 is 17.4 Å². The molecule has 1 aromatic carbocycles. The molecule has 3 heterocycles. The van der Waals surface area contributed by atoms with Crippen LogP contribution in [0.2, 0.25) is 5.02 Å². The Balaban J connectivity index is 1.89.